The van der Waals surface area contributed by atoms with Gasteiger partial charge in [0.15, 0.2) is 11.5 Å². The number of fused-ring (bicyclic) bond motifs is 1. The molecule has 2 N–H and O–H groups in total. The normalized spacial score (nSPS) is 12.9. The highest BCUT2D eigenvalue weighted by atomic mass is 16.7. The van der Waals surface area contributed by atoms with E-state index in [-0.39, 0.29) is 13.3 Å². The molecule has 0 amide bonds. The van der Waals surface area contributed by atoms with Crippen LogP contribution in [0.3, 0.4) is 0 Å². The molecule has 1 aliphatic heterocycles. The van der Waals surface area contributed by atoms with Gasteiger partial charge in [0.05, 0.1) is 6.54 Å². The molecule has 7 heteroatoms. The topological polar surface area (TPSA) is 89.1 Å². The van der Waals surface area contributed by atoms with Crippen molar-refractivity contribution in [3.8, 4) is 11.5 Å². The predicted octanol–water partition coefficient (Wildman–Crippen LogP) is -0.358. The van der Waals surface area contributed by atoms with Gasteiger partial charge in [0.2, 0.25) is 6.79 Å². The number of benzene rings is 1. The molecule has 7 nitrogen and oxygen atoms in total. The summed E-state index contributed by atoms with van der Waals surface area (Å²) in [5, 5.41) is 4.45. The fraction of sp³-hybridized carbons (Fsp3) is 0.200. The number of aromatic amines is 2. The third kappa shape index (κ3) is 1.52. The molecule has 3 rings (SSSR count). The van der Waals surface area contributed by atoms with E-state index in [0.717, 1.165) is 10.1 Å². The van der Waals surface area contributed by atoms with E-state index in [1.54, 1.807) is 18.2 Å². The zero-order chi connectivity index (χ0) is 11.8. The highest BCUT2D eigenvalue weighted by Crippen LogP contribution is 2.35. The molecule has 0 aliphatic carbocycles. The monoisotopic (exact) mass is 235 g/mol. The van der Waals surface area contributed by atoms with E-state index < -0.39 is 11.4 Å². The van der Waals surface area contributed by atoms with Crippen LogP contribution in [0.4, 0.5) is 0 Å². The summed E-state index contributed by atoms with van der Waals surface area (Å²) in [5.74, 6) is 1.21. The number of rotatable bonds is 2. The Balaban J connectivity index is 2.05. The average Bonchev–Trinajstić information content (AvgIpc) is 2.91. The Kier molecular flexibility index (Phi) is 2.04. The smallest absolute Gasteiger partial charge is 0.344 e. The van der Waals surface area contributed by atoms with Gasteiger partial charge in [0.1, 0.15) is 0 Å². The molecule has 1 aromatic heterocycles. The van der Waals surface area contributed by atoms with Crippen LogP contribution in [0.5, 0.6) is 11.5 Å². The predicted molar refractivity (Wildman–Crippen MR) is 57.3 cm³/mol. The van der Waals surface area contributed by atoms with Crippen molar-refractivity contribution >= 4 is 0 Å². The van der Waals surface area contributed by atoms with Gasteiger partial charge in [-0.2, -0.15) is 0 Å². The highest BCUT2D eigenvalue weighted by molar-refractivity contribution is 5.48. The molecule has 2 aromatic rings. The Hall–Kier alpha value is -2.44. The largest absolute Gasteiger partial charge is 0.454 e. The first-order valence-corrected chi connectivity index (χ1v) is 5.00. The zero-order valence-corrected chi connectivity index (χ0v) is 8.73. The number of nitrogens with zero attached hydrogens (tertiary/aromatic N) is 1. The maximum Gasteiger partial charge on any atom is 0.344 e. The van der Waals surface area contributed by atoms with Crippen molar-refractivity contribution in [1.82, 2.24) is 14.8 Å². The van der Waals surface area contributed by atoms with Gasteiger partial charge in [-0.05, 0) is 6.07 Å². The summed E-state index contributed by atoms with van der Waals surface area (Å²) in [6.07, 6.45) is 0. The summed E-state index contributed by atoms with van der Waals surface area (Å²) in [5.41, 5.74) is -0.231. The van der Waals surface area contributed by atoms with Crippen LogP contribution < -0.4 is 20.9 Å². The van der Waals surface area contributed by atoms with E-state index in [4.69, 9.17) is 9.47 Å². The van der Waals surface area contributed by atoms with Gasteiger partial charge in [-0.1, -0.05) is 12.1 Å². The van der Waals surface area contributed by atoms with E-state index >= 15 is 0 Å². The summed E-state index contributed by atoms with van der Waals surface area (Å²) in [4.78, 5) is 22.7. The Labute approximate surface area is 94.6 Å². The number of nitrogens with one attached hydrogen (secondary N) is 2. The number of hydrogen-bond acceptors (Lipinski definition) is 4. The lowest BCUT2D eigenvalue weighted by molar-refractivity contribution is 0.173. The SMILES string of the molecule is O=c1[nH][nH]c(=O)n1Cc1cccc2c1OCO2. The summed E-state index contributed by atoms with van der Waals surface area (Å²) in [6.45, 7) is 0.301. The fourth-order valence-electron chi connectivity index (χ4n) is 1.76. The molecule has 1 aromatic carbocycles. The maximum atomic E-state index is 11.3. The number of H-pyrrole nitrogens is 2. The van der Waals surface area contributed by atoms with Crippen molar-refractivity contribution in [2.75, 3.05) is 6.79 Å². The van der Waals surface area contributed by atoms with Gasteiger partial charge in [0.25, 0.3) is 0 Å². The third-order valence-corrected chi connectivity index (χ3v) is 2.57. The fourth-order valence-corrected chi connectivity index (χ4v) is 1.76. The number of para-hydroxylation sites is 1. The zero-order valence-electron chi connectivity index (χ0n) is 8.73. The Bertz CT molecular complexity index is 639. The van der Waals surface area contributed by atoms with Gasteiger partial charge in [0, 0.05) is 5.56 Å². The summed E-state index contributed by atoms with van der Waals surface area (Å²) in [6, 6.07) is 5.34. The van der Waals surface area contributed by atoms with E-state index in [1.807, 2.05) is 0 Å². The van der Waals surface area contributed by atoms with Crippen LogP contribution in [-0.4, -0.2) is 21.6 Å². The van der Waals surface area contributed by atoms with Crippen LogP contribution >= 0.6 is 0 Å². The summed E-state index contributed by atoms with van der Waals surface area (Å²) < 4.78 is 11.6. The van der Waals surface area contributed by atoms with Crippen molar-refractivity contribution in [3.05, 3.63) is 44.7 Å². The molecule has 88 valence electrons. The third-order valence-electron chi connectivity index (χ3n) is 2.57. The van der Waals surface area contributed by atoms with Crippen molar-refractivity contribution in [3.63, 3.8) is 0 Å². The standard InChI is InChI=1S/C10H9N3O4/c14-9-11-12-10(15)13(9)4-6-2-1-3-7-8(6)17-5-16-7/h1-3H,4-5H2,(H,11,14)(H,12,15). The van der Waals surface area contributed by atoms with Crippen LogP contribution in [-0.2, 0) is 6.54 Å². The van der Waals surface area contributed by atoms with Crippen LogP contribution in [0.1, 0.15) is 5.56 Å². The molecule has 1 aliphatic rings. The molecule has 17 heavy (non-hydrogen) atoms. The van der Waals surface area contributed by atoms with E-state index in [1.165, 1.54) is 0 Å². The van der Waals surface area contributed by atoms with Crippen molar-refractivity contribution in [2.24, 2.45) is 0 Å². The second kappa shape index (κ2) is 3.55. The number of hydrogen-bond donors (Lipinski definition) is 2. The minimum atomic E-state index is -0.480. The van der Waals surface area contributed by atoms with Crippen molar-refractivity contribution < 1.29 is 9.47 Å². The summed E-state index contributed by atoms with van der Waals surface area (Å²) in [7, 11) is 0. The van der Waals surface area contributed by atoms with Crippen molar-refractivity contribution in [2.45, 2.75) is 6.54 Å². The molecule has 0 atom stereocenters. The molecular formula is C10H9N3O4. The Morgan fingerprint density at radius 3 is 2.71 bits per heavy atom. The van der Waals surface area contributed by atoms with Crippen molar-refractivity contribution in [1.29, 1.82) is 0 Å². The molecule has 0 bridgehead atoms. The maximum absolute atomic E-state index is 11.3. The molecular weight excluding hydrogens is 226 g/mol. The molecule has 2 heterocycles. The first-order valence-electron chi connectivity index (χ1n) is 5.00. The minimum Gasteiger partial charge on any atom is -0.454 e. The van der Waals surface area contributed by atoms with Gasteiger partial charge in [-0.25, -0.2) is 24.4 Å². The molecule has 0 saturated carbocycles. The lowest BCUT2D eigenvalue weighted by atomic mass is 10.2. The van der Waals surface area contributed by atoms with Crippen LogP contribution in [0, 0.1) is 0 Å². The molecule has 0 unspecified atom stereocenters. The summed E-state index contributed by atoms with van der Waals surface area (Å²) >= 11 is 0. The average molecular weight is 235 g/mol. The van der Waals surface area contributed by atoms with Gasteiger partial charge in [-0.15, -0.1) is 0 Å². The van der Waals surface area contributed by atoms with Gasteiger partial charge < -0.3 is 9.47 Å². The minimum absolute atomic E-state index is 0.143. The Morgan fingerprint density at radius 2 is 1.94 bits per heavy atom. The van der Waals surface area contributed by atoms with Crippen LogP contribution in [0.25, 0.3) is 0 Å². The number of ether oxygens (including phenoxy) is 2. The molecule has 0 fully saturated rings. The van der Waals surface area contributed by atoms with Crippen LogP contribution in [0.15, 0.2) is 27.8 Å². The second-order valence-electron chi connectivity index (χ2n) is 3.60. The Morgan fingerprint density at radius 1 is 1.18 bits per heavy atom. The molecule has 0 spiro atoms. The first kappa shape index (κ1) is 9.76. The lowest BCUT2D eigenvalue weighted by Gasteiger charge is -2.04. The van der Waals surface area contributed by atoms with Gasteiger partial charge in [-0.3, -0.25) is 0 Å². The lowest BCUT2D eigenvalue weighted by Crippen LogP contribution is -2.27. The van der Waals surface area contributed by atoms with Gasteiger partial charge >= 0.3 is 11.4 Å². The first-order chi connectivity index (χ1) is 8.25. The molecule has 0 radical (unpaired) electrons. The second-order valence-corrected chi connectivity index (χ2v) is 3.60. The van der Waals surface area contributed by atoms with E-state index in [0.29, 0.717) is 11.5 Å². The van der Waals surface area contributed by atoms with E-state index in [2.05, 4.69) is 10.2 Å². The quantitative estimate of drug-likeness (QED) is 0.744. The van der Waals surface area contributed by atoms with Crippen LogP contribution in [0.2, 0.25) is 0 Å². The number of aromatic nitrogens is 3. The molecule has 0 saturated heterocycles. The highest BCUT2D eigenvalue weighted by Gasteiger charge is 2.18. The van der Waals surface area contributed by atoms with E-state index in [9.17, 15) is 9.59 Å².